The molecule has 0 amide bonds. The summed E-state index contributed by atoms with van der Waals surface area (Å²) >= 11 is 3.59. The zero-order valence-electron chi connectivity index (χ0n) is 16.0. The number of aromatic hydroxyl groups is 1. The molecule has 0 aliphatic heterocycles. The summed E-state index contributed by atoms with van der Waals surface area (Å²) in [4.78, 5) is 12.6. The molecule has 0 radical (unpaired) electrons. The molecule has 4 heteroatoms. The molecule has 3 aromatic rings. The summed E-state index contributed by atoms with van der Waals surface area (Å²) < 4.78 is 6.01. The molecule has 1 aliphatic rings. The van der Waals surface area contributed by atoms with Gasteiger partial charge in [0.05, 0.1) is 7.11 Å². The van der Waals surface area contributed by atoms with Crippen molar-refractivity contribution in [3.63, 3.8) is 0 Å². The Morgan fingerprint density at radius 1 is 1.11 bits per heavy atom. The van der Waals surface area contributed by atoms with E-state index in [9.17, 15) is 9.90 Å². The van der Waals surface area contributed by atoms with Crippen LogP contribution >= 0.6 is 15.9 Å². The van der Waals surface area contributed by atoms with Crippen molar-refractivity contribution < 1.29 is 14.6 Å². The summed E-state index contributed by atoms with van der Waals surface area (Å²) in [5.74, 6) is -0.326. The number of ether oxygens (including phenoxy) is 1. The van der Waals surface area contributed by atoms with Crippen molar-refractivity contribution >= 4 is 21.9 Å². The van der Waals surface area contributed by atoms with Crippen LogP contribution in [0.3, 0.4) is 0 Å². The van der Waals surface area contributed by atoms with E-state index in [0.717, 1.165) is 44.3 Å². The Bertz CT molecular complexity index is 1090. The highest BCUT2D eigenvalue weighted by molar-refractivity contribution is 9.10. The zero-order valence-corrected chi connectivity index (χ0v) is 17.6. The molecule has 0 spiro atoms. The van der Waals surface area contributed by atoms with Crippen LogP contribution in [0.5, 0.6) is 5.75 Å². The Morgan fingerprint density at radius 2 is 1.82 bits per heavy atom. The van der Waals surface area contributed by atoms with Crippen LogP contribution in [-0.4, -0.2) is 18.2 Å². The van der Waals surface area contributed by atoms with Gasteiger partial charge in [0.25, 0.3) is 0 Å². The van der Waals surface area contributed by atoms with Gasteiger partial charge in [0.1, 0.15) is 11.3 Å². The van der Waals surface area contributed by atoms with Crippen molar-refractivity contribution in [2.24, 2.45) is 0 Å². The number of carbonyl (C=O) groups is 1. The van der Waals surface area contributed by atoms with E-state index < -0.39 is 5.97 Å². The Hall–Kier alpha value is -2.59. The first-order valence-corrected chi connectivity index (χ1v) is 10.0. The molecule has 0 bridgehead atoms. The van der Waals surface area contributed by atoms with E-state index in [1.165, 1.54) is 12.7 Å². The summed E-state index contributed by atoms with van der Waals surface area (Å²) in [6, 6.07) is 16.5. The molecule has 1 N–H and O–H groups in total. The molecule has 3 nitrogen and oxygen atoms in total. The molecule has 28 heavy (non-hydrogen) atoms. The number of phenolic OH excluding ortho intramolecular Hbond substituents is 1. The standard InChI is InChI=1S/C24H21BrO3/c1-13-14(2)23(26)22(24(27)28-3)21-17-10-9-16(25)11-20(17)19(12-18(13)21)15-7-5-4-6-8-15/h4-11,19,26H,12H2,1-3H3. The molecule has 0 heterocycles. The van der Waals surface area contributed by atoms with Crippen molar-refractivity contribution in [2.75, 3.05) is 7.11 Å². The van der Waals surface area contributed by atoms with Gasteiger partial charge < -0.3 is 9.84 Å². The quantitative estimate of drug-likeness (QED) is 0.507. The lowest BCUT2D eigenvalue weighted by molar-refractivity contribution is 0.0598. The number of benzene rings is 3. The van der Waals surface area contributed by atoms with Gasteiger partial charge in [-0.3, -0.25) is 0 Å². The SMILES string of the molecule is COC(=O)c1c(O)c(C)c(C)c2c1-c1ccc(Br)cc1C(c1ccccc1)C2. The lowest BCUT2D eigenvalue weighted by atomic mass is 9.72. The number of phenols is 1. The number of carbonyl (C=O) groups excluding carboxylic acids is 1. The van der Waals surface area contributed by atoms with Crippen LogP contribution < -0.4 is 0 Å². The molecule has 3 aromatic carbocycles. The fraction of sp³-hybridized carbons (Fsp3) is 0.208. The molecule has 1 atom stereocenters. The Morgan fingerprint density at radius 3 is 2.50 bits per heavy atom. The monoisotopic (exact) mass is 436 g/mol. The average Bonchev–Trinajstić information content (AvgIpc) is 2.72. The second kappa shape index (κ2) is 7.10. The van der Waals surface area contributed by atoms with Crippen LogP contribution in [0.25, 0.3) is 11.1 Å². The smallest absolute Gasteiger partial charge is 0.342 e. The minimum absolute atomic E-state index is 0.00938. The Labute approximate surface area is 173 Å². The molecule has 4 rings (SSSR count). The van der Waals surface area contributed by atoms with E-state index in [1.54, 1.807) is 0 Å². The van der Waals surface area contributed by atoms with E-state index in [-0.39, 0.29) is 17.2 Å². The van der Waals surface area contributed by atoms with E-state index in [1.807, 2.05) is 32.0 Å². The predicted molar refractivity (Wildman–Crippen MR) is 114 cm³/mol. The summed E-state index contributed by atoms with van der Waals surface area (Å²) in [5, 5.41) is 10.8. The maximum Gasteiger partial charge on any atom is 0.342 e. The summed E-state index contributed by atoms with van der Waals surface area (Å²) in [5.41, 5.74) is 7.24. The van der Waals surface area contributed by atoms with Gasteiger partial charge in [-0.05, 0) is 65.8 Å². The fourth-order valence-corrected chi connectivity index (χ4v) is 4.63. The van der Waals surface area contributed by atoms with Gasteiger partial charge >= 0.3 is 5.97 Å². The molecule has 1 unspecified atom stereocenters. The minimum atomic E-state index is -0.510. The number of halogens is 1. The molecular formula is C24H21BrO3. The summed E-state index contributed by atoms with van der Waals surface area (Å²) in [6.07, 6.45) is 0.764. The number of rotatable bonds is 2. The van der Waals surface area contributed by atoms with Gasteiger partial charge in [-0.15, -0.1) is 0 Å². The first kappa shape index (κ1) is 18.8. The number of fused-ring (bicyclic) bond motifs is 3. The van der Waals surface area contributed by atoms with Gasteiger partial charge in [0.15, 0.2) is 0 Å². The Balaban J connectivity index is 2.08. The summed E-state index contributed by atoms with van der Waals surface area (Å²) in [7, 11) is 1.35. The van der Waals surface area contributed by atoms with E-state index in [4.69, 9.17) is 4.74 Å². The maximum absolute atomic E-state index is 12.6. The van der Waals surface area contributed by atoms with Gasteiger partial charge in [-0.1, -0.05) is 52.3 Å². The van der Waals surface area contributed by atoms with Crippen molar-refractivity contribution in [3.8, 4) is 16.9 Å². The van der Waals surface area contributed by atoms with E-state index in [2.05, 4.69) is 46.3 Å². The molecule has 142 valence electrons. The van der Waals surface area contributed by atoms with Gasteiger partial charge in [-0.2, -0.15) is 0 Å². The minimum Gasteiger partial charge on any atom is -0.507 e. The lowest BCUT2D eigenvalue weighted by Crippen LogP contribution is -2.18. The molecule has 0 aromatic heterocycles. The molecule has 1 aliphatic carbocycles. The normalized spacial score (nSPS) is 14.9. The van der Waals surface area contributed by atoms with Crippen molar-refractivity contribution in [3.05, 3.63) is 86.4 Å². The van der Waals surface area contributed by atoms with Gasteiger partial charge in [-0.25, -0.2) is 4.79 Å². The number of hydrogen-bond donors (Lipinski definition) is 1. The summed E-state index contributed by atoms with van der Waals surface area (Å²) in [6.45, 7) is 3.87. The highest BCUT2D eigenvalue weighted by Gasteiger charge is 2.33. The third kappa shape index (κ3) is 2.83. The average molecular weight is 437 g/mol. The van der Waals surface area contributed by atoms with Crippen molar-refractivity contribution in [1.82, 2.24) is 0 Å². The third-order valence-electron chi connectivity index (χ3n) is 5.82. The fourth-order valence-electron chi connectivity index (χ4n) is 4.25. The van der Waals surface area contributed by atoms with Crippen LogP contribution in [0.2, 0.25) is 0 Å². The highest BCUT2D eigenvalue weighted by Crippen LogP contribution is 2.49. The Kier molecular flexibility index (Phi) is 4.76. The van der Waals surface area contributed by atoms with Crippen LogP contribution in [0.4, 0.5) is 0 Å². The lowest BCUT2D eigenvalue weighted by Gasteiger charge is -2.32. The van der Waals surface area contributed by atoms with E-state index >= 15 is 0 Å². The second-order valence-electron chi connectivity index (χ2n) is 7.22. The first-order chi connectivity index (χ1) is 13.4. The number of methoxy groups -OCH3 is 1. The second-order valence-corrected chi connectivity index (χ2v) is 8.13. The van der Waals surface area contributed by atoms with Crippen LogP contribution in [0.1, 0.15) is 44.1 Å². The highest BCUT2D eigenvalue weighted by atomic mass is 79.9. The predicted octanol–water partition coefficient (Wildman–Crippen LogP) is 5.91. The largest absolute Gasteiger partial charge is 0.507 e. The topological polar surface area (TPSA) is 46.5 Å². The third-order valence-corrected chi connectivity index (χ3v) is 6.31. The van der Waals surface area contributed by atoms with Crippen LogP contribution in [-0.2, 0) is 11.2 Å². The van der Waals surface area contributed by atoms with Crippen LogP contribution in [0, 0.1) is 13.8 Å². The van der Waals surface area contributed by atoms with E-state index in [0.29, 0.717) is 0 Å². The zero-order chi connectivity index (χ0) is 20.0. The first-order valence-electron chi connectivity index (χ1n) is 9.22. The number of hydrogen-bond acceptors (Lipinski definition) is 3. The molecule has 0 saturated heterocycles. The molecule has 0 fully saturated rings. The van der Waals surface area contributed by atoms with Crippen molar-refractivity contribution in [2.45, 2.75) is 26.2 Å². The molecular weight excluding hydrogens is 416 g/mol. The molecule has 0 saturated carbocycles. The maximum atomic E-state index is 12.6. The van der Waals surface area contributed by atoms with Gasteiger partial charge in [0.2, 0.25) is 0 Å². The number of esters is 1. The van der Waals surface area contributed by atoms with Crippen LogP contribution in [0.15, 0.2) is 53.0 Å². The van der Waals surface area contributed by atoms with Gasteiger partial charge in [0, 0.05) is 16.0 Å². The van der Waals surface area contributed by atoms with Crippen molar-refractivity contribution in [1.29, 1.82) is 0 Å².